The van der Waals surface area contributed by atoms with E-state index >= 15 is 0 Å². The van der Waals surface area contributed by atoms with Crippen molar-refractivity contribution in [3.05, 3.63) is 77.4 Å². The minimum atomic E-state index is -3.22. The number of rotatable bonds is 10. The molecule has 41 heavy (non-hydrogen) atoms. The summed E-state index contributed by atoms with van der Waals surface area (Å²) in [5.74, 6) is 2.44. The van der Waals surface area contributed by atoms with Gasteiger partial charge in [-0.2, -0.15) is 4.98 Å². The Morgan fingerprint density at radius 1 is 0.878 bits per heavy atom. The molecule has 0 N–H and O–H groups in total. The maximum absolute atomic E-state index is 12.0. The first-order valence-corrected chi connectivity index (χ1v) is 18.1. The lowest BCUT2D eigenvalue weighted by Crippen LogP contribution is -2.40. The molecule has 1 atom stereocenters. The van der Waals surface area contributed by atoms with Gasteiger partial charge in [0.15, 0.2) is 15.7 Å². The van der Waals surface area contributed by atoms with Crippen molar-refractivity contribution in [3.8, 4) is 0 Å². The van der Waals surface area contributed by atoms with Crippen molar-refractivity contribution in [1.82, 2.24) is 19.3 Å². The Hall–Kier alpha value is -2.60. The van der Waals surface area contributed by atoms with E-state index in [-0.39, 0.29) is 5.92 Å². The van der Waals surface area contributed by atoms with E-state index in [0.29, 0.717) is 48.0 Å². The number of benzene rings is 2. The number of piperidine rings is 2. The highest BCUT2D eigenvalue weighted by molar-refractivity contribution is 7.90. The molecule has 3 aromatic rings. The van der Waals surface area contributed by atoms with Crippen LogP contribution in [0.2, 0.25) is 0 Å². The molecule has 222 valence electrons. The van der Waals surface area contributed by atoms with Gasteiger partial charge in [-0.1, -0.05) is 47.6 Å². The number of aromatic nitrogens is 2. The number of nitrogens with zero attached hydrogens (tertiary/aromatic N) is 4. The lowest BCUT2D eigenvalue weighted by molar-refractivity contribution is 0.174. The molecule has 0 aliphatic carbocycles. The number of hydrogen-bond donors (Lipinski definition) is 0. The molecule has 0 spiro atoms. The molecule has 3 heterocycles. The molecule has 1 aromatic heterocycles. The van der Waals surface area contributed by atoms with E-state index in [4.69, 9.17) is 4.52 Å². The molecular weight excluding hydrogens is 560 g/mol. The zero-order chi connectivity index (χ0) is 29.0. The van der Waals surface area contributed by atoms with Crippen molar-refractivity contribution in [3.63, 3.8) is 0 Å². The van der Waals surface area contributed by atoms with Crippen LogP contribution in [0.3, 0.4) is 0 Å². The van der Waals surface area contributed by atoms with Crippen LogP contribution in [-0.4, -0.2) is 81.4 Å². The van der Waals surface area contributed by atoms with Gasteiger partial charge in [0.1, 0.15) is 0 Å². The van der Waals surface area contributed by atoms with Crippen LogP contribution in [0, 0.1) is 5.92 Å². The van der Waals surface area contributed by atoms with Gasteiger partial charge in [-0.15, -0.1) is 0 Å². The lowest BCUT2D eigenvalue weighted by Gasteiger charge is -2.37. The first-order valence-electron chi connectivity index (χ1n) is 14.4. The molecule has 5 rings (SSSR count). The third-order valence-corrected chi connectivity index (χ3v) is 11.1. The second-order valence-electron chi connectivity index (χ2n) is 11.6. The van der Waals surface area contributed by atoms with E-state index < -0.39 is 19.9 Å². The van der Waals surface area contributed by atoms with E-state index in [1.165, 1.54) is 18.1 Å². The van der Waals surface area contributed by atoms with Crippen molar-refractivity contribution < 1.29 is 21.4 Å². The zero-order valence-electron chi connectivity index (χ0n) is 23.9. The minimum absolute atomic E-state index is 0.241. The maximum atomic E-state index is 12.0. The van der Waals surface area contributed by atoms with Crippen LogP contribution in [0.4, 0.5) is 0 Å². The van der Waals surface area contributed by atoms with Crippen LogP contribution < -0.4 is 0 Å². The van der Waals surface area contributed by atoms with Gasteiger partial charge in [-0.25, -0.2) is 21.1 Å². The molecule has 0 radical (unpaired) electrons. The SMILES string of the molecule is CS(=O)(=O)c1ccc(Cc2noc(C3CCN(CCC(c4ccccc4)C4CCN(S(C)(=O)=O)CC4)CC3)n2)cc1. The van der Waals surface area contributed by atoms with Crippen molar-refractivity contribution in [2.45, 2.75) is 55.3 Å². The number of likely N-dealkylation sites (tertiary alicyclic amines) is 1. The second-order valence-corrected chi connectivity index (χ2v) is 15.6. The molecule has 2 fully saturated rings. The predicted molar refractivity (Wildman–Crippen MR) is 158 cm³/mol. The average molecular weight is 601 g/mol. The van der Waals surface area contributed by atoms with Gasteiger partial charge in [0.25, 0.3) is 0 Å². The van der Waals surface area contributed by atoms with Crippen LogP contribution in [0.25, 0.3) is 0 Å². The molecule has 0 amide bonds. The Bertz CT molecular complexity index is 1490. The lowest BCUT2D eigenvalue weighted by atomic mass is 9.78. The largest absolute Gasteiger partial charge is 0.339 e. The fraction of sp³-hybridized carbons (Fsp3) is 0.533. The van der Waals surface area contributed by atoms with Gasteiger partial charge in [0.2, 0.25) is 15.9 Å². The second kappa shape index (κ2) is 12.7. The third-order valence-electron chi connectivity index (χ3n) is 8.66. The predicted octanol–water partition coefficient (Wildman–Crippen LogP) is 4.09. The summed E-state index contributed by atoms with van der Waals surface area (Å²) in [4.78, 5) is 7.49. The maximum Gasteiger partial charge on any atom is 0.229 e. The summed E-state index contributed by atoms with van der Waals surface area (Å²) < 4.78 is 54.7. The van der Waals surface area contributed by atoms with Gasteiger partial charge in [0.05, 0.1) is 11.2 Å². The Balaban J connectivity index is 1.13. The van der Waals surface area contributed by atoms with Gasteiger partial charge >= 0.3 is 0 Å². The van der Waals surface area contributed by atoms with Gasteiger partial charge in [-0.3, -0.25) is 0 Å². The van der Waals surface area contributed by atoms with Gasteiger partial charge in [0, 0.05) is 31.7 Å². The quantitative estimate of drug-likeness (QED) is 0.342. The normalized spacial score (nSPS) is 19.4. The Labute approximate surface area is 243 Å². The van der Waals surface area contributed by atoms with E-state index in [2.05, 4.69) is 45.4 Å². The van der Waals surface area contributed by atoms with Crippen molar-refractivity contribution in [2.75, 3.05) is 45.2 Å². The standard InChI is InChI=1S/C30H40N4O5S2/c1-40(35,36)27-10-8-23(9-11-27)22-29-31-30(39-32-29)26-12-17-33(18-13-26)19-16-28(24-6-4-3-5-7-24)25-14-20-34(21-15-25)41(2,37)38/h3-11,25-26,28H,12-22H2,1-2H3. The number of sulfone groups is 1. The summed E-state index contributed by atoms with van der Waals surface area (Å²) in [5, 5.41) is 4.18. The molecule has 2 aromatic carbocycles. The van der Waals surface area contributed by atoms with Crippen LogP contribution in [0.5, 0.6) is 0 Å². The first kappa shape index (κ1) is 29.9. The molecule has 2 aliphatic rings. The van der Waals surface area contributed by atoms with E-state index in [0.717, 1.165) is 57.3 Å². The summed E-state index contributed by atoms with van der Waals surface area (Å²) >= 11 is 0. The summed E-state index contributed by atoms with van der Waals surface area (Å²) in [6, 6.07) is 17.5. The van der Waals surface area contributed by atoms with Crippen LogP contribution >= 0.6 is 0 Å². The molecule has 11 heteroatoms. The number of hydrogen-bond acceptors (Lipinski definition) is 8. The number of sulfonamides is 1. The van der Waals surface area contributed by atoms with Crippen LogP contribution in [0.1, 0.15) is 66.8 Å². The Morgan fingerprint density at radius 2 is 1.54 bits per heavy atom. The summed E-state index contributed by atoms with van der Waals surface area (Å²) in [5.41, 5.74) is 2.29. The fourth-order valence-corrected chi connectivity index (χ4v) is 7.76. The molecule has 9 nitrogen and oxygen atoms in total. The molecule has 2 aliphatic heterocycles. The van der Waals surface area contributed by atoms with Gasteiger partial charge < -0.3 is 9.42 Å². The van der Waals surface area contributed by atoms with Crippen molar-refractivity contribution in [2.24, 2.45) is 5.92 Å². The van der Waals surface area contributed by atoms with Crippen LogP contribution in [-0.2, 0) is 26.3 Å². The van der Waals surface area contributed by atoms with E-state index in [9.17, 15) is 16.8 Å². The fourth-order valence-electron chi connectivity index (χ4n) is 6.25. The van der Waals surface area contributed by atoms with E-state index in [1.54, 1.807) is 28.6 Å². The topological polar surface area (TPSA) is 114 Å². The Kier molecular flexibility index (Phi) is 9.27. The highest BCUT2D eigenvalue weighted by atomic mass is 32.2. The molecule has 2 saturated heterocycles. The summed E-state index contributed by atoms with van der Waals surface area (Å²) in [7, 11) is -6.35. The highest BCUT2D eigenvalue weighted by Gasteiger charge is 2.32. The first-order chi connectivity index (χ1) is 19.6. The minimum Gasteiger partial charge on any atom is -0.339 e. The molecular formula is C30H40N4O5S2. The zero-order valence-corrected chi connectivity index (χ0v) is 25.5. The monoisotopic (exact) mass is 600 g/mol. The van der Waals surface area contributed by atoms with Crippen LogP contribution in [0.15, 0.2) is 64.0 Å². The molecule has 1 unspecified atom stereocenters. The van der Waals surface area contributed by atoms with Crippen molar-refractivity contribution in [1.29, 1.82) is 0 Å². The average Bonchev–Trinajstić information content (AvgIpc) is 3.42. The smallest absolute Gasteiger partial charge is 0.229 e. The highest BCUT2D eigenvalue weighted by Crippen LogP contribution is 2.36. The van der Waals surface area contributed by atoms with Gasteiger partial charge in [-0.05, 0) is 86.8 Å². The van der Waals surface area contributed by atoms with Crippen molar-refractivity contribution >= 4 is 19.9 Å². The molecule has 0 saturated carbocycles. The Morgan fingerprint density at radius 3 is 2.15 bits per heavy atom. The third kappa shape index (κ3) is 7.82. The van der Waals surface area contributed by atoms with E-state index in [1.807, 2.05) is 0 Å². The molecule has 0 bridgehead atoms. The summed E-state index contributed by atoms with van der Waals surface area (Å²) in [6.07, 6.45) is 7.79. The summed E-state index contributed by atoms with van der Waals surface area (Å²) in [6.45, 7) is 4.18.